The minimum absolute atomic E-state index is 0.459. The van der Waals surface area contributed by atoms with Crippen LogP contribution < -0.4 is 9.47 Å². The summed E-state index contributed by atoms with van der Waals surface area (Å²) in [5.41, 5.74) is 0.725. The van der Waals surface area contributed by atoms with E-state index in [2.05, 4.69) is 4.99 Å². The van der Waals surface area contributed by atoms with Crippen molar-refractivity contribution in [2.24, 2.45) is 4.99 Å². The Morgan fingerprint density at radius 1 is 1.11 bits per heavy atom. The zero-order valence-corrected chi connectivity index (χ0v) is 11.5. The quantitative estimate of drug-likeness (QED) is 0.821. The lowest BCUT2D eigenvalue weighted by molar-refractivity contribution is -0.0423. The van der Waals surface area contributed by atoms with Crippen molar-refractivity contribution in [1.82, 2.24) is 0 Å². The van der Waals surface area contributed by atoms with Gasteiger partial charge in [0.2, 0.25) is 0 Å². The first kappa shape index (κ1) is 13.7. The Balaban J connectivity index is 2.27. The van der Waals surface area contributed by atoms with Gasteiger partial charge in [0.1, 0.15) is 11.4 Å². The predicted octanol–water partition coefficient (Wildman–Crippen LogP) is 2.91. The molecule has 5 nitrogen and oxygen atoms in total. The molecule has 0 saturated heterocycles. The third kappa shape index (κ3) is 3.17. The van der Waals surface area contributed by atoms with Gasteiger partial charge in [-0.3, -0.25) is 0 Å². The molecule has 104 valence electrons. The molecule has 0 amide bonds. The fourth-order valence-corrected chi connectivity index (χ4v) is 1.78. The SMILES string of the molecule is CCOC1=Nc2ccc(OCC)cc2OC1OCC. The highest BCUT2D eigenvalue weighted by atomic mass is 16.7. The van der Waals surface area contributed by atoms with Crippen molar-refractivity contribution in [3.05, 3.63) is 18.2 Å². The van der Waals surface area contributed by atoms with E-state index in [-0.39, 0.29) is 0 Å². The molecule has 1 atom stereocenters. The van der Waals surface area contributed by atoms with Gasteiger partial charge in [0.25, 0.3) is 12.2 Å². The average Bonchev–Trinajstić information content (AvgIpc) is 2.40. The molecule has 1 aromatic carbocycles. The Morgan fingerprint density at radius 3 is 2.58 bits per heavy atom. The van der Waals surface area contributed by atoms with Crippen LogP contribution in [0.25, 0.3) is 0 Å². The Hall–Kier alpha value is -1.75. The normalized spacial score (nSPS) is 17.2. The van der Waals surface area contributed by atoms with Gasteiger partial charge in [-0.2, -0.15) is 0 Å². The molecule has 1 unspecified atom stereocenters. The lowest BCUT2D eigenvalue weighted by Gasteiger charge is -2.25. The lowest BCUT2D eigenvalue weighted by atomic mass is 10.2. The third-order valence-electron chi connectivity index (χ3n) is 2.52. The standard InChI is InChI=1S/C14H19NO4/c1-4-16-10-7-8-11-12(9-10)19-14(18-6-3)13(15-11)17-5-2/h7-9,14H,4-6H2,1-3H3. The zero-order chi connectivity index (χ0) is 13.7. The number of fused-ring (bicyclic) bond motifs is 1. The molecule has 5 heteroatoms. The van der Waals surface area contributed by atoms with E-state index in [0.29, 0.717) is 31.5 Å². The summed E-state index contributed by atoms with van der Waals surface area (Å²) in [7, 11) is 0. The second-order valence-corrected chi connectivity index (χ2v) is 3.85. The van der Waals surface area contributed by atoms with Crippen LogP contribution in [0.2, 0.25) is 0 Å². The van der Waals surface area contributed by atoms with Crippen LogP contribution in [-0.2, 0) is 9.47 Å². The molecule has 0 saturated carbocycles. The molecule has 0 aliphatic carbocycles. The number of nitrogens with zero attached hydrogens (tertiary/aromatic N) is 1. The highest BCUT2D eigenvalue weighted by molar-refractivity contribution is 5.85. The van der Waals surface area contributed by atoms with Gasteiger partial charge in [0.15, 0.2) is 5.75 Å². The summed E-state index contributed by atoms with van der Waals surface area (Å²) < 4.78 is 22.1. The smallest absolute Gasteiger partial charge is 0.277 e. The van der Waals surface area contributed by atoms with Crippen LogP contribution in [0.15, 0.2) is 23.2 Å². The first-order valence-electron chi connectivity index (χ1n) is 6.55. The van der Waals surface area contributed by atoms with Crippen LogP contribution in [-0.4, -0.2) is 32.0 Å². The van der Waals surface area contributed by atoms with Crippen molar-refractivity contribution in [1.29, 1.82) is 0 Å². The molecule has 2 rings (SSSR count). The molecule has 0 fully saturated rings. The molecule has 0 bridgehead atoms. The lowest BCUT2D eigenvalue weighted by Crippen LogP contribution is -2.34. The van der Waals surface area contributed by atoms with Crippen molar-refractivity contribution in [2.45, 2.75) is 27.1 Å². The van der Waals surface area contributed by atoms with Crippen LogP contribution in [0.3, 0.4) is 0 Å². The van der Waals surface area contributed by atoms with E-state index in [1.54, 1.807) is 0 Å². The molecular weight excluding hydrogens is 246 g/mol. The monoisotopic (exact) mass is 265 g/mol. The van der Waals surface area contributed by atoms with Gasteiger partial charge in [-0.15, -0.1) is 0 Å². The molecule has 1 aliphatic heterocycles. The molecule has 0 spiro atoms. The van der Waals surface area contributed by atoms with Gasteiger partial charge in [0.05, 0.1) is 13.2 Å². The molecule has 19 heavy (non-hydrogen) atoms. The number of benzene rings is 1. The Kier molecular flexibility index (Phi) is 4.63. The zero-order valence-electron chi connectivity index (χ0n) is 11.5. The van der Waals surface area contributed by atoms with Crippen LogP contribution in [0.5, 0.6) is 11.5 Å². The van der Waals surface area contributed by atoms with Gasteiger partial charge < -0.3 is 18.9 Å². The van der Waals surface area contributed by atoms with Crippen LogP contribution >= 0.6 is 0 Å². The number of hydrogen-bond donors (Lipinski definition) is 0. The summed E-state index contributed by atoms with van der Waals surface area (Å²) in [4.78, 5) is 4.43. The van der Waals surface area contributed by atoms with Gasteiger partial charge in [-0.25, -0.2) is 4.99 Å². The van der Waals surface area contributed by atoms with Crippen LogP contribution in [0.1, 0.15) is 20.8 Å². The van der Waals surface area contributed by atoms with Crippen LogP contribution in [0, 0.1) is 0 Å². The van der Waals surface area contributed by atoms with Crippen molar-refractivity contribution >= 4 is 11.6 Å². The van der Waals surface area contributed by atoms with Gasteiger partial charge in [0, 0.05) is 12.7 Å². The Bertz CT molecular complexity index is 459. The molecule has 0 aromatic heterocycles. The predicted molar refractivity (Wildman–Crippen MR) is 72.4 cm³/mol. The second kappa shape index (κ2) is 6.43. The van der Waals surface area contributed by atoms with Crippen molar-refractivity contribution < 1.29 is 18.9 Å². The van der Waals surface area contributed by atoms with Crippen molar-refractivity contribution in [3.63, 3.8) is 0 Å². The van der Waals surface area contributed by atoms with Crippen molar-refractivity contribution in [3.8, 4) is 11.5 Å². The number of aliphatic imine (C=N–C) groups is 1. The average molecular weight is 265 g/mol. The minimum atomic E-state index is -0.589. The molecule has 1 aromatic rings. The fraction of sp³-hybridized carbons (Fsp3) is 0.500. The van der Waals surface area contributed by atoms with E-state index < -0.39 is 6.29 Å². The Labute approximate surface area is 113 Å². The number of ether oxygens (including phenoxy) is 4. The summed E-state index contributed by atoms with van der Waals surface area (Å²) in [5, 5.41) is 0. The maximum atomic E-state index is 5.77. The van der Waals surface area contributed by atoms with Gasteiger partial charge in [-0.05, 0) is 32.9 Å². The Morgan fingerprint density at radius 2 is 1.89 bits per heavy atom. The summed E-state index contributed by atoms with van der Waals surface area (Å²) in [5.74, 6) is 1.86. The maximum absolute atomic E-state index is 5.77. The molecule has 0 N–H and O–H groups in total. The molecule has 1 heterocycles. The third-order valence-corrected chi connectivity index (χ3v) is 2.52. The highest BCUT2D eigenvalue weighted by Gasteiger charge is 2.26. The minimum Gasteiger partial charge on any atom is -0.494 e. The van der Waals surface area contributed by atoms with E-state index in [1.807, 2.05) is 39.0 Å². The summed E-state index contributed by atoms with van der Waals surface area (Å²) in [6, 6.07) is 5.53. The second-order valence-electron chi connectivity index (χ2n) is 3.85. The summed E-state index contributed by atoms with van der Waals surface area (Å²) in [6.07, 6.45) is -0.589. The number of hydrogen-bond acceptors (Lipinski definition) is 5. The summed E-state index contributed by atoms with van der Waals surface area (Å²) >= 11 is 0. The number of rotatable bonds is 5. The maximum Gasteiger partial charge on any atom is 0.277 e. The molecular formula is C14H19NO4. The van der Waals surface area contributed by atoms with E-state index in [0.717, 1.165) is 11.4 Å². The first-order chi connectivity index (χ1) is 9.28. The largest absolute Gasteiger partial charge is 0.494 e. The highest BCUT2D eigenvalue weighted by Crippen LogP contribution is 2.36. The van der Waals surface area contributed by atoms with Gasteiger partial charge >= 0.3 is 0 Å². The van der Waals surface area contributed by atoms with Crippen LogP contribution in [0.4, 0.5) is 5.69 Å². The molecule has 1 aliphatic rings. The van der Waals surface area contributed by atoms with E-state index in [1.165, 1.54) is 0 Å². The first-order valence-corrected chi connectivity index (χ1v) is 6.55. The topological polar surface area (TPSA) is 49.3 Å². The van der Waals surface area contributed by atoms with Gasteiger partial charge in [-0.1, -0.05) is 0 Å². The van der Waals surface area contributed by atoms with E-state index >= 15 is 0 Å². The molecule has 0 radical (unpaired) electrons. The summed E-state index contributed by atoms with van der Waals surface area (Å²) in [6.45, 7) is 7.41. The van der Waals surface area contributed by atoms with E-state index in [9.17, 15) is 0 Å². The van der Waals surface area contributed by atoms with Crippen molar-refractivity contribution in [2.75, 3.05) is 19.8 Å². The van der Waals surface area contributed by atoms with E-state index in [4.69, 9.17) is 18.9 Å². The fourth-order valence-electron chi connectivity index (χ4n) is 1.78.